The Kier molecular flexibility index (Phi) is 3.49. The Morgan fingerprint density at radius 3 is 2.79 bits per heavy atom. The van der Waals surface area contributed by atoms with Gasteiger partial charge in [0.1, 0.15) is 5.52 Å². The Morgan fingerprint density at radius 1 is 1.25 bits per heavy atom. The number of nitrogens with zero attached hydrogens (tertiary/aromatic N) is 2. The van der Waals surface area contributed by atoms with Gasteiger partial charge in [-0.2, -0.15) is 0 Å². The predicted octanol–water partition coefficient (Wildman–Crippen LogP) is 3.20. The Labute approximate surface area is 140 Å². The van der Waals surface area contributed by atoms with Crippen LogP contribution in [0.15, 0.2) is 52.9 Å². The topological polar surface area (TPSA) is 72.4 Å². The maximum atomic E-state index is 11.8. The van der Waals surface area contributed by atoms with Gasteiger partial charge in [0, 0.05) is 11.7 Å². The first kappa shape index (κ1) is 14.8. The molecule has 0 fully saturated rings. The standard InChI is InChI=1S/C19H19N3O2/c1-12-10-14(19(20)23)13-6-2-4-8-16(13)22(12)11-18-21-15-7-3-5-9-17(15)24-18/h2-9,12,14H,10-11H2,1H3,(H2,20,23)/t12-,14-/m1/s1. The second-order valence-electron chi connectivity index (χ2n) is 6.30. The summed E-state index contributed by atoms with van der Waals surface area (Å²) in [6, 6.07) is 15.9. The molecule has 3 aromatic rings. The Bertz CT molecular complexity index is 869. The van der Waals surface area contributed by atoms with Crippen molar-refractivity contribution in [1.82, 2.24) is 4.98 Å². The van der Waals surface area contributed by atoms with Crippen molar-refractivity contribution >= 4 is 22.7 Å². The van der Waals surface area contributed by atoms with E-state index < -0.39 is 0 Å². The summed E-state index contributed by atoms with van der Waals surface area (Å²) in [7, 11) is 0. The molecule has 2 N–H and O–H groups in total. The highest BCUT2D eigenvalue weighted by Gasteiger charge is 2.33. The minimum atomic E-state index is -0.268. The smallest absolute Gasteiger partial charge is 0.225 e. The number of hydrogen-bond donors (Lipinski definition) is 1. The van der Waals surface area contributed by atoms with E-state index >= 15 is 0 Å². The second kappa shape index (κ2) is 5.67. The van der Waals surface area contributed by atoms with E-state index in [1.807, 2.05) is 48.5 Å². The number of amides is 1. The zero-order chi connectivity index (χ0) is 16.7. The molecule has 0 unspecified atom stereocenters. The highest BCUT2D eigenvalue weighted by atomic mass is 16.3. The number of primary amides is 1. The predicted molar refractivity (Wildman–Crippen MR) is 92.6 cm³/mol. The van der Waals surface area contributed by atoms with Gasteiger partial charge in [0.2, 0.25) is 11.8 Å². The van der Waals surface area contributed by atoms with E-state index in [0.717, 1.165) is 22.4 Å². The lowest BCUT2D eigenvalue weighted by molar-refractivity contribution is -0.119. The number of carbonyl (C=O) groups is 1. The highest BCUT2D eigenvalue weighted by Crippen LogP contribution is 2.39. The van der Waals surface area contributed by atoms with Crippen molar-refractivity contribution in [2.24, 2.45) is 5.73 Å². The van der Waals surface area contributed by atoms with Gasteiger partial charge < -0.3 is 15.1 Å². The van der Waals surface area contributed by atoms with Gasteiger partial charge in [-0.15, -0.1) is 0 Å². The molecule has 1 aromatic heterocycles. The second-order valence-corrected chi connectivity index (χ2v) is 6.30. The third kappa shape index (κ3) is 2.42. The van der Waals surface area contributed by atoms with Crippen molar-refractivity contribution in [3.8, 4) is 0 Å². The van der Waals surface area contributed by atoms with Crippen molar-refractivity contribution < 1.29 is 9.21 Å². The molecule has 0 bridgehead atoms. The lowest BCUT2D eigenvalue weighted by Crippen LogP contribution is -2.41. The molecular weight excluding hydrogens is 302 g/mol. The van der Waals surface area contributed by atoms with Crippen LogP contribution in [0.25, 0.3) is 11.1 Å². The normalized spacial score (nSPS) is 20.1. The van der Waals surface area contributed by atoms with Crippen molar-refractivity contribution in [1.29, 1.82) is 0 Å². The zero-order valence-electron chi connectivity index (χ0n) is 13.5. The van der Waals surface area contributed by atoms with Gasteiger partial charge in [-0.05, 0) is 37.1 Å². The van der Waals surface area contributed by atoms with Crippen LogP contribution in [0.1, 0.15) is 30.7 Å². The maximum Gasteiger partial charge on any atom is 0.225 e. The first-order valence-electron chi connectivity index (χ1n) is 8.13. The van der Waals surface area contributed by atoms with Crippen LogP contribution >= 0.6 is 0 Å². The maximum absolute atomic E-state index is 11.8. The number of nitrogens with two attached hydrogens (primary N) is 1. The molecule has 1 aliphatic heterocycles. The Hall–Kier alpha value is -2.82. The number of para-hydroxylation sites is 3. The van der Waals surface area contributed by atoms with Crippen LogP contribution in [0.5, 0.6) is 0 Å². The number of aromatic nitrogens is 1. The summed E-state index contributed by atoms with van der Waals surface area (Å²) in [4.78, 5) is 18.6. The summed E-state index contributed by atoms with van der Waals surface area (Å²) in [5.74, 6) is 0.169. The minimum absolute atomic E-state index is 0.174. The van der Waals surface area contributed by atoms with Crippen LogP contribution in [0.2, 0.25) is 0 Å². The van der Waals surface area contributed by atoms with Gasteiger partial charge in [-0.3, -0.25) is 4.79 Å². The SMILES string of the molecule is C[C@@H]1C[C@@H](C(N)=O)c2ccccc2N1Cc1nc2ccccc2o1. The highest BCUT2D eigenvalue weighted by molar-refractivity contribution is 5.85. The molecule has 0 saturated heterocycles. The largest absolute Gasteiger partial charge is 0.439 e. The first-order valence-corrected chi connectivity index (χ1v) is 8.13. The van der Waals surface area contributed by atoms with Crippen molar-refractivity contribution in [3.05, 3.63) is 60.0 Å². The van der Waals surface area contributed by atoms with E-state index in [1.165, 1.54) is 0 Å². The molecule has 1 aliphatic rings. The number of benzene rings is 2. The molecule has 0 saturated carbocycles. The molecule has 2 aromatic carbocycles. The fraction of sp³-hybridized carbons (Fsp3) is 0.263. The molecule has 0 spiro atoms. The molecule has 5 heteroatoms. The summed E-state index contributed by atoms with van der Waals surface area (Å²) in [5, 5.41) is 0. The number of hydrogen-bond acceptors (Lipinski definition) is 4. The quantitative estimate of drug-likeness (QED) is 0.804. The molecule has 24 heavy (non-hydrogen) atoms. The Morgan fingerprint density at radius 2 is 2.00 bits per heavy atom. The van der Waals surface area contributed by atoms with E-state index in [2.05, 4.69) is 16.8 Å². The molecule has 5 nitrogen and oxygen atoms in total. The Balaban J connectivity index is 1.71. The van der Waals surface area contributed by atoms with Gasteiger partial charge >= 0.3 is 0 Å². The van der Waals surface area contributed by atoms with E-state index in [0.29, 0.717) is 18.9 Å². The van der Waals surface area contributed by atoms with Gasteiger partial charge in [0.15, 0.2) is 5.58 Å². The van der Waals surface area contributed by atoms with Crippen LogP contribution in [0.3, 0.4) is 0 Å². The fourth-order valence-electron chi connectivity index (χ4n) is 3.52. The van der Waals surface area contributed by atoms with Gasteiger partial charge in [0.05, 0.1) is 12.5 Å². The van der Waals surface area contributed by atoms with Crippen LogP contribution in [0.4, 0.5) is 5.69 Å². The summed E-state index contributed by atoms with van der Waals surface area (Å²) in [6.45, 7) is 2.67. The van der Waals surface area contributed by atoms with Crippen molar-refractivity contribution in [3.63, 3.8) is 0 Å². The molecule has 0 radical (unpaired) electrons. The number of carbonyl (C=O) groups excluding carboxylic acids is 1. The number of anilines is 1. The molecule has 122 valence electrons. The molecular formula is C19H19N3O2. The van der Waals surface area contributed by atoms with E-state index in [4.69, 9.17) is 10.2 Å². The summed E-state index contributed by atoms with van der Waals surface area (Å²) in [6.07, 6.45) is 0.701. The van der Waals surface area contributed by atoms with Gasteiger partial charge in [-0.25, -0.2) is 4.98 Å². The molecule has 1 amide bonds. The number of fused-ring (bicyclic) bond motifs is 2. The van der Waals surface area contributed by atoms with Gasteiger partial charge in [0.25, 0.3) is 0 Å². The third-order valence-electron chi connectivity index (χ3n) is 4.72. The lowest BCUT2D eigenvalue weighted by atomic mass is 9.85. The van der Waals surface area contributed by atoms with Gasteiger partial charge in [-0.1, -0.05) is 30.3 Å². The minimum Gasteiger partial charge on any atom is -0.439 e. The number of rotatable bonds is 3. The number of oxazole rings is 1. The van der Waals surface area contributed by atoms with Crippen LogP contribution in [0, 0.1) is 0 Å². The zero-order valence-corrected chi connectivity index (χ0v) is 13.5. The summed E-state index contributed by atoms with van der Waals surface area (Å²) in [5.41, 5.74) is 9.27. The average molecular weight is 321 g/mol. The molecule has 0 aliphatic carbocycles. The van der Waals surface area contributed by atoms with Crippen LogP contribution in [-0.2, 0) is 11.3 Å². The van der Waals surface area contributed by atoms with E-state index in [9.17, 15) is 4.79 Å². The van der Waals surface area contributed by atoms with E-state index in [-0.39, 0.29) is 17.9 Å². The van der Waals surface area contributed by atoms with E-state index in [1.54, 1.807) is 0 Å². The van der Waals surface area contributed by atoms with Crippen LogP contribution in [-0.4, -0.2) is 16.9 Å². The molecule has 2 atom stereocenters. The van der Waals surface area contributed by atoms with Crippen molar-refractivity contribution in [2.45, 2.75) is 31.8 Å². The molecule has 2 heterocycles. The summed E-state index contributed by atoms with van der Waals surface area (Å²) >= 11 is 0. The molecule has 4 rings (SSSR count). The van der Waals surface area contributed by atoms with Crippen LogP contribution < -0.4 is 10.6 Å². The third-order valence-corrected chi connectivity index (χ3v) is 4.72. The summed E-state index contributed by atoms with van der Waals surface area (Å²) < 4.78 is 5.86. The average Bonchev–Trinajstić information content (AvgIpc) is 2.99. The first-order chi connectivity index (χ1) is 11.6. The lowest BCUT2D eigenvalue weighted by Gasteiger charge is -2.39. The monoisotopic (exact) mass is 321 g/mol. The fourth-order valence-corrected chi connectivity index (χ4v) is 3.52. The van der Waals surface area contributed by atoms with Crippen molar-refractivity contribution in [2.75, 3.05) is 4.90 Å².